The fourth-order valence-corrected chi connectivity index (χ4v) is 4.53. The molecule has 1 aliphatic carbocycles. The molecule has 0 radical (unpaired) electrons. The highest BCUT2D eigenvalue weighted by molar-refractivity contribution is 7.85. The monoisotopic (exact) mass is 259 g/mol. The molecule has 3 atom stereocenters. The second-order valence-corrected chi connectivity index (χ2v) is 7.16. The second kappa shape index (κ2) is 5.81. The van der Waals surface area contributed by atoms with Crippen molar-refractivity contribution in [3.63, 3.8) is 0 Å². The van der Waals surface area contributed by atoms with Crippen molar-refractivity contribution in [3.8, 4) is 0 Å². The molecule has 0 aromatic rings. The van der Waals surface area contributed by atoms with Crippen LogP contribution in [0.25, 0.3) is 0 Å². The summed E-state index contributed by atoms with van der Waals surface area (Å²) in [5.74, 6) is 1.32. The molecular weight excluding hydrogens is 234 g/mol. The van der Waals surface area contributed by atoms with Crippen LogP contribution in [-0.2, 0) is 15.5 Å². The zero-order valence-corrected chi connectivity index (χ0v) is 11.6. The van der Waals surface area contributed by atoms with Gasteiger partial charge in [0.1, 0.15) is 0 Å². The maximum Gasteiger partial charge on any atom is 0.0698 e. The largest absolute Gasteiger partial charge is 0.371 e. The zero-order chi connectivity index (χ0) is 12.3. The lowest BCUT2D eigenvalue weighted by Gasteiger charge is -2.23. The molecule has 1 aliphatic heterocycles. The minimum atomic E-state index is -0.807. The van der Waals surface area contributed by atoms with Gasteiger partial charge in [-0.15, -0.1) is 0 Å². The minimum absolute atomic E-state index is 0.0812. The molecular formula is C13H25NO2S. The van der Waals surface area contributed by atoms with E-state index in [9.17, 15) is 4.21 Å². The van der Waals surface area contributed by atoms with Crippen molar-refractivity contribution >= 4 is 10.8 Å². The average Bonchev–Trinajstić information content (AvgIpc) is 2.90. The molecule has 2 aliphatic rings. The molecule has 0 aromatic heterocycles. The molecule has 0 bridgehead atoms. The Morgan fingerprint density at radius 1 is 1.41 bits per heavy atom. The molecule has 1 saturated heterocycles. The van der Waals surface area contributed by atoms with Crippen LogP contribution >= 0.6 is 0 Å². The van der Waals surface area contributed by atoms with Gasteiger partial charge in [0, 0.05) is 28.3 Å². The van der Waals surface area contributed by atoms with E-state index in [0.29, 0.717) is 11.5 Å². The Hall–Kier alpha value is 0.0700. The lowest BCUT2D eigenvalue weighted by Crippen LogP contribution is -2.31. The van der Waals surface area contributed by atoms with Crippen LogP contribution in [0.3, 0.4) is 0 Å². The molecule has 3 unspecified atom stereocenters. The van der Waals surface area contributed by atoms with Gasteiger partial charge in [-0.25, -0.2) is 0 Å². The number of ether oxygens (including phenoxy) is 1. The van der Waals surface area contributed by atoms with Crippen molar-refractivity contribution in [1.29, 1.82) is 0 Å². The topological polar surface area (TPSA) is 52.3 Å². The molecule has 4 heteroatoms. The molecule has 1 heterocycles. The first-order valence-corrected chi connectivity index (χ1v) is 8.41. The number of hydrogen-bond donors (Lipinski definition) is 1. The van der Waals surface area contributed by atoms with E-state index in [-0.39, 0.29) is 17.7 Å². The molecule has 0 aromatic carbocycles. The van der Waals surface area contributed by atoms with E-state index in [4.69, 9.17) is 10.5 Å². The van der Waals surface area contributed by atoms with Crippen LogP contribution < -0.4 is 5.73 Å². The minimum Gasteiger partial charge on any atom is -0.371 e. The first-order valence-electron chi connectivity index (χ1n) is 6.92. The van der Waals surface area contributed by atoms with E-state index in [1.807, 2.05) is 6.92 Å². The summed E-state index contributed by atoms with van der Waals surface area (Å²) in [5.41, 5.74) is 6.00. The summed E-state index contributed by atoms with van der Waals surface area (Å²) in [6.45, 7) is 2.04. The predicted octanol–water partition coefficient (Wildman–Crippen LogP) is 1.96. The smallest absolute Gasteiger partial charge is 0.0698 e. The van der Waals surface area contributed by atoms with Crippen molar-refractivity contribution in [1.82, 2.24) is 0 Å². The van der Waals surface area contributed by atoms with Crippen LogP contribution in [0.15, 0.2) is 0 Å². The Morgan fingerprint density at radius 3 is 2.76 bits per heavy atom. The predicted molar refractivity (Wildman–Crippen MR) is 71.4 cm³/mol. The second-order valence-electron chi connectivity index (χ2n) is 5.61. The third kappa shape index (κ3) is 3.52. The molecule has 1 spiro atoms. The fourth-order valence-electron chi connectivity index (χ4n) is 3.03. The van der Waals surface area contributed by atoms with Crippen LogP contribution in [0, 0.1) is 0 Å². The lowest BCUT2D eigenvalue weighted by molar-refractivity contribution is -0.0270. The van der Waals surface area contributed by atoms with Gasteiger partial charge in [-0.3, -0.25) is 4.21 Å². The molecule has 2 N–H and O–H groups in total. The van der Waals surface area contributed by atoms with Gasteiger partial charge in [0.25, 0.3) is 0 Å². The molecule has 100 valence electrons. The van der Waals surface area contributed by atoms with E-state index >= 15 is 0 Å². The summed E-state index contributed by atoms with van der Waals surface area (Å²) in [4.78, 5) is 0. The van der Waals surface area contributed by atoms with E-state index in [1.54, 1.807) is 0 Å². The van der Waals surface area contributed by atoms with Gasteiger partial charge >= 0.3 is 0 Å². The Balaban J connectivity index is 1.75. The van der Waals surface area contributed by atoms with E-state index in [1.165, 1.54) is 32.1 Å². The quantitative estimate of drug-likeness (QED) is 0.821. The van der Waals surface area contributed by atoms with Gasteiger partial charge in [-0.2, -0.15) is 0 Å². The highest BCUT2D eigenvalue weighted by Crippen LogP contribution is 2.43. The van der Waals surface area contributed by atoms with Crippen molar-refractivity contribution in [3.05, 3.63) is 0 Å². The highest BCUT2D eigenvalue weighted by atomic mass is 32.2. The molecule has 3 nitrogen and oxygen atoms in total. The van der Waals surface area contributed by atoms with Gasteiger partial charge in [0.2, 0.25) is 0 Å². The molecule has 1 saturated carbocycles. The Kier molecular flexibility index (Phi) is 4.61. The van der Waals surface area contributed by atoms with Gasteiger partial charge in [-0.1, -0.05) is 19.8 Å². The molecule has 0 amide bonds. The summed E-state index contributed by atoms with van der Waals surface area (Å²) < 4.78 is 18.1. The van der Waals surface area contributed by atoms with Gasteiger partial charge in [-0.05, 0) is 32.1 Å². The SMILES string of the molecule is CCC(N)CS(=O)CC1CCC2(CCCC2)O1. The standard InChI is InChI=1S/C13H25NO2S/c1-2-11(14)9-17(15)10-12-5-8-13(16-12)6-3-4-7-13/h11-12H,2-10,14H2,1H3. The normalized spacial score (nSPS) is 30.8. The Morgan fingerprint density at radius 2 is 2.12 bits per heavy atom. The van der Waals surface area contributed by atoms with Gasteiger partial charge in [0.15, 0.2) is 0 Å². The van der Waals surface area contributed by atoms with Crippen LogP contribution in [0.2, 0.25) is 0 Å². The van der Waals surface area contributed by atoms with Crippen LogP contribution in [-0.4, -0.2) is 33.5 Å². The van der Waals surface area contributed by atoms with E-state index in [2.05, 4.69) is 0 Å². The van der Waals surface area contributed by atoms with E-state index in [0.717, 1.165) is 12.8 Å². The molecule has 2 fully saturated rings. The van der Waals surface area contributed by atoms with Gasteiger partial charge in [0.05, 0.1) is 11.7 Å². The van der Waals surface area contributed by atoms with Crippen molar-refractivity contribution in [2.24, 2.45) is 5.73 Å². The summed E-state index contributed by atoms with van der Waals surface area (Å²) in [6, 6.07) is 0.0812. The Labute approximate surface area is 107 Å². The third-order valence-corrected chi connectivity index (χ3v) is 5.69. The number of nitrogens with two attached hydrogens (primary N) is 1. The van der Waals surface area contributed by atoms with E-state index < -0.39 is 10.8 Å². The first-order chi connectivity index (χ1) is 8.13. The van der Waals surface area contributed by atoms with Crippen LogP contribution in [0.5, 0.6) is 0 Å². The number of hydrogen-bond acceptors (Lipinski definition) is 3. The number of rotatable bonds is 5. The molecule has 17 heavy (non-hydrogen) atoms. The van der Waals surface area contributed by atoms with Crippen molar-refractivity contribution in [2.75, 3.05) is 11.5 Å². The summed E-state index contributed by atoms with van der Waals surface area (Å²) in [5, 5.41) is 0. The van der Waals surface area contributed by atoms with Crippen molar-refractivity contribution < 1.29 is 8.95 Å². The fraction of sp³-hybridized carbons (Fsp3) is 1.00. The zero-order valence-electron chi connectivity index (χ0n) is 10.8. The Bertz CT molecular complexity index is 277. The molecule has 2 rings (SSSR count). The highest BCUT2D eigenvalue weighted by Gasteiger charge is 2.42. The summed E-state index contributed by atoms with van der Waals surface area (Å²) >= 11 is 0. The third-order valence-electron chi connectivity index (χ3n) is 4.15. The summed E-state index contributed by atoms with van der Waals surface area (Å²) in [7, 11) is -0.807. The van der Waals surface area contributed by atoms with Gasteiger partial charge < -0.3 is 10.5 Å². The first kappa shape index (κ1) is 13.5. The lowest BCUT2D eigenvalue weighted by atomic mass is 9.98. The van der Waals surface area contributed by atoms with Crippen molar-refractivity contribution in [2.45, 2.75) is 69.6 Å². The maximum absolute atomic E-state index is 11.9. The van der Waals surface area contributed by atoms with Crippen LogP contribution in [0.4, 0.5) is 0 Å². The van der Waals surface area contributed by atoms with Crippen LogP contribution in [0.1, 0.15) is 51.9 Å². The maximum atomic E-state index is 11.9. The summed E-state index contributed by atoms with van der Waals surface area (Å²) in [6.07, 6.45) is 8.42. The average molecular weight is 259 g/mol.